The molecular weight excluding hydrogens is 354 g/mol. The second kappa shape index (κ2) is 8.25. The number of anilines is 1. The van der Waals surface area contributed by atoms with E-state index in [1.807, 2.05) is 49.4 Å². The van der Waals surface area contributed by atoms with Gasteiger partial charge in [-0.15, -0.1) is 0 Å². The summed E-state index contributed by atoms with van der Waals surface area (Å²) in [6.45, 7) is 3.22. The molecule has 1 aromatic heterocycles. The molecule has 0 spiro atoms. The Morgan fingerprint density at radius 2 is 1.89 bits per heavy atom. The van der Waals surface area contributed by atoms with Crippen molar-refractivity contribution in [2.75, 3.05) is 18.1 Å². The number of carbonyl (C=O) groups is 1. The molecule has 0 radical (unpaired) electrons. The minimum absolute atomic E-state index is 0.0318. The highest BCUT2D eigenvalue weighted by Gasteiger charge is 2.34. The molecule has 6 heteroatoms. The number of hydrogen-bond acceptors (Lipinski definition) is 5. The number of aryl methyl sites for hydroxylation is 2. The van der Waals surface area contributed by atoms with Gasteiger partial charge in [0.05, 0.1) is 6.61 Å². The maximum Gasteiger partial charge on any atom is 0.227 e. The Morgan fingerprint density at radius 1 is 1.11 bits per heavy atom. The first-order valence-electron chi connectivity index (χ1n) is 9.62. The second-order valence-electron chi connectivity index (χ2n) is 6.86. The monoisotopic (exact) mass is 377 g/mol. The third-order valence-corrected chi connectivity index (χ3v) is 4.90. The van der Waals surface area contributed by atoms with Crippen molar-refractivity contribution in [1.29, 1.82) is 0 Å². The molecule has 1 unspecified atom stereocenters. The normalized spacial score (nSPS) is 16.5. The van der Waals surface area contributed by atoms with Gasteiger partial charge < -0.3 is 14.2 Å². The Balaban J connectivity index is 1.36. The van der Waals surface area contributed by atoms with E-state index in [0.29, 0.717) is 37.7 Å². The maximum atomic E-state index is 12.4. The van der Waals surface area contributed by atoms with Gasteiger partial charge in [-0.2, -0.15) is 4.98 Å². The van der Waals surface area contributed by atoms with Crippen molar-refractivity contribution in [3.63, 3.8) is 0 Å². The van der Waals surface area contributed by atoms with Crippen LogP contribution in [0.3, 0.4) is 0 Å². The van der Waals surface area contributed by atoms with Crippen molar-refractivity contribution in [3.8, 4) is 5.75 Å². The average Bonchev–Trinajstić information content (AvgIpc) is 3.35. The largest absolute Gasteiger partial charge is 0.494 e. The molecule has 144 valence electrons. The molecule has 1 saturated heterocycles. The van der Waals surface area contributed by atoms with Gasteiger partial charge in [0.1, 0.15) is 5.75 Å². The van der Waals surface area contributed by atoms with E-state index >= 15 is 0 Å². The van der Waals surface area contributed by atoms with Crippen LogP contribution in [0.25, 0.3) is 0 Å². The fraction of sp³-hybridized carbons (Fsp3) is 0.318. The Morgan fingerprint density at radius 3 is 2.64 bits per heavy atom. The zero-order valence-corrected chi connectivity index (χ0v) is 15.9. The summed E-state index contributed by atoms with van der Waals surface area (Å²) in [5.41, 5.74) is 2.10. The summed E-state index contributed by atoms with van der Waals surface area (Å²) < 4.78 is 10.9. The topological polar surface area (TPSA) is 68.5 Å². The first-order valence-corrected chi connectivity index (χ1v) is 9.62. The lowest BCUT2D eigenvalue weighted by Gasteiger charge is -2.15. The van der Waals surface area contributed by atoms with Crippen molar-refractivity contribution in [2.45, 2.75) is 32.1 Å². The predicted molar refractivity (Wildman–Crippen MR) is 105 cm³/mol. The number of aromatic nitrogens is 2. The summed E-state index contributed by atoms with van der Waals surface area (Å²) >= 11 is 0. The molecule has 1 aliphatic rings. The van der Waals surface area contributed by atoms with Crippen LogP contribution >= 0.6 is 0 Å². The minimum Gasteiger partial charge on any atom is -0.494 e. The molecule has 1 fully saturated rings. The molecule has 2 heterocycles. The van der Waals surface area contributed by atoms with E-state index in [1.54, 1.807) is 4.90 Å². The zero-order chi connectivity index (χ0) is 19.3. The van der Waals surface area contributed by atoms with Gasteiger partial charge in [-0.1, -0.05) is 35.5 Å². The highest BCUT2D eigenvalue weighted by Crippen LogP contribution is 2.30. The summed E-state index contributed by atoms with van der Waals surface area (Å²) in [6, 6.07) is 17.7. The fourth-order valence-corrected chi connectivity index (χ4v) is 3.44. The van der Waals surface area contributed by atoms with E-state index in [-0.39, 0.29) is 11.8 Å². The number of rotatable bonds is 7. The maximum absolute atomic E-state index is 12.4. The van der Waals surface area contributed by atoms with E-state index in [4.69, 9.17) is 9.26 Å². The van der Waals surface area contributed by atoms with Crippen LogP contribution in [-0.2, 0) is 17.6 Å². The van der Waals surface area contributed by atoms with E-state index in [0.717, 1.165) is 17.9 Å². The number of ether oxygens (including phenoxy) is 1. The third-order valence-electron chi connectivity index (χ3n) is 4.90. The first kappa shape index (κ1) is 18.2. The van der Waals surface area contributed by atoms with Crippen molar-refractivity contribution >= 4 is 11.6 Å². The summed E-state index contributed by atoms with van der Waals surface area (Å²) in [5.74, 6) is 2.16. The Kier molecular flexibility index (Phi) is 5.37. The van der Waals surface area contributed by atoms with Gasteiger partial charge in [-0.25, -0.2) is 0 Å². The molecule has 3 aromatic rings. The predicted octanol–water partition coefficient (Wildman–Crippen LogP) is 3.77. The van der Waals surface area contributed by atoms with Gasteiger partial charge in [0.25, 0.3) is 0 Å². The first-order chi connectivity index (χ1) is 13.7. The van der Waals surface area contributed by atoms with Crippen molar-refractivity contribution in [2.24, 2.45) is 0 Å². The average molecular weight is 377 g/mol. The molecule has 28 heavy (non-hydrogen) atoms. The van der Waals surface area contributed by atoms with Crippen LogP contribution in [-0.4, -0.2) is 29.2 Å². The van der Waals surface area contributed by atoms with E-state index in [1.165, 1.54) is 5.56 Å². The number of amides is 1. The number of carbonyl (C=O) groups excluding carboxylic acids is 1. The lowest BCUT2D eigenvalue weighted by atomic mass is 10.1. The van der Waals surface area contributed by atoms with Crippen LogP contribution in [0.15, 0.2) is 59.1 Å². The van der Waals surface area contributed by atoms with Gasteiger partial charge in [0.2, 0.25) is 11.8 Å². The molecule has 0 saturated carbocycles. The number of hydrogen-bond donors (Lipinski definition) is 0. The zero-order valence-electron chi connectivity index (χ0n) is 15.9. The van der Waals surface area contributed by atoms with Crippen LogP contribution < -0.4 is 9.64 Å². The smallest absolute Gasteiger partial charge is 0.227 e. The van der Waals surface area contributed by atoms with Crippen LogP contribution in [0.2, 0.25) is 0 Å². The standard InChI is InChI=1S/C22H23N3O3/c1-2-27-19-11-8-16(9-12-19)10-13-20-23-22(24-28-20)17-14-21(26)25(15-17)18-6-4-3-5-7-18/h3-9,11-12,17H,2,10,13-15H2,1H3. The number of nitrogens with zero attached hydrogens (tertiary/aromatic N) is 3. The molecule has 1 atom stereocenters. The molecular formula is C22H23N3O3. The number of benzene rings is 2. The molecule has 4 rings (SSSR count). The Labute approximate surface area is 164 Å². The van der Waals surface area contributed by atoms with E-state index in [9.17, 15) is 4.79 Å². The van der Waals surface area contributed by atoms with Crippen LogP contribution in [0.4, 0.5) is 5.69 Å². The third kappa shape index (κ3) is 4.06. The highest BCUT2D eigenvalue weighted by molar-refractivity contribution is 5.96. The summed E-state index contributed by atoms with van der Waals surface area (Å²) in [5, 5.41) is 4.13. The quantitative estimate of drug-likeness (QED) is 0.627. The lowest BCUT2D eigenvalue weighted by molar-refractivity contribution is -0.117. The van der Waals surface area contributed by atoms with Gasteiger partial charge in [0, 0.05) is 31.0 Å². The van der Waals surface area contributed by atoms with Crippen LogP contribution in [0.1, 0.15) is 36.5 Å². The van der Waals surface area contributed by atoms with Crippen LogP contribution in [0, 0.1) is 0 Å². The molecule has 0 bridgehead atoms. The fourth-order valence-electron chi connectivity index (χ4n) is 3.44. The Bertz CT molecular complexity index is 922. The molecule has 1 amide bonds. The number of para-hydroxylation sites is 1. The van der Waals surface area contributed by atoms with E-state index < -0.39 is 0 Å². The van der Waals surface area contributed by atoms with Crippen molar-refractivity contribution in [1.82, 2.24) is 10.1 Å². The molecule has 1 aliphatic heterocycles. The lowest BCUT2D eigenvalue weighted by Crippen LogP contribution is -2.24. The van der Waals surface area contributed by atoms with Gasteiger partial charge >= 0.3 is 0 Å². The van der Waals surface area contributed by atoms with Crippen LogP contribution in [0.5, 0.6) is 5.75 Å². The second-order valence-corrected chi connectivity index (χ2v) is 6.86. The molecule has 0 aliphatic carbocycles. The molecule has 0 N–H and O–H groups in total. The van der Waals surface area contributed by atoms with Gasteiger partial charge in [-0.3, -0.25) is 4.79 Å². The summed E-state index contributed by atoms with van der Waals surface area (Å²) in [4.78, 5) is 18.7. The van der Waals surface area contributed by atoms with Gasteiger partial charge in [0.15, 0.2) is 5.82 Å². The van der Waals surface area contributed by atoms with Crippen molar-refractivity contribution < 1.29 is 14.1 Å². The molecule has 2 aromatic carbocycles. The SMILES string of the molecule is CCOc1ccc(CCc2nc(C3CC(=O)N(c4ccccc4)C3)no2)cc1. The minimum atomic E-state index is -0.0318. The summed E-state index contributed by atoms with van der Waals surface area (Å²) in [6.07, 6.45) is 1.89. The Hall–Kier alpha value is -3.15. The van der Waals surface area contributed by atoms with Gasteiger partial charge in [-0.05, 0) is 43.2 Å². The van der Waals surface area contributed by atoms with Crippen molar-refractivity contribution in [3.05, 3.63) is 71.9 Å². The highest BCUT2D eigenvalue weighted by atomic mass is 16.5. The summed E-state index contributed by atoms with van der Waals surface area (Å²) in [7, 11) is 0. The van der Waals surface area contributed by atoms with E-state index in [2.05, 4.69) is 22.3 Å². The molecule has 6 nitrogen and oxygen atoms in total.